The highest BCUT2D eigenvalue weighted by Crippen LogP contribution is 2.38. The van der Waals surface area contributed by atoms with Crippen molar-refractivity contribution in [2.24, 2.45) is 0 Å². The van der Waals surface area contributed by atoms with Crippen LogP contribution in [-0.2, 0) is 11.2 Å². The molecule has 1 aromatic rings. The predicted molar refractivity (Wildman–Crippen MR) is 82.3 cm³/mol. The fourth-order valence-corrected chi connectivity index (χ4v) is 2.19. The Kier molecular flexibility index (Phi) is 6.85. The van der Waals surface area contributed by atoms with E-state index < -0.39 is 0 Å². The predicted octanol–water partition coefficient (Wildman–Crippen LogP) is 2.56. The van der Waals surface area contributed by atoms with E-state index in [4.69, 9.17) is 14.2 Å². The number of carbonyl (C=O) groups is 1. The van der Waals surface area contributed by atoms with Crippen LogP contribution < -0.4 is 19.5 Å². The quantitative estimate of drug-likeness (QED) is 0.801. The zero-order valence-electron chi connectivity index (χ0n) is 13.5. The van der Waals surface area contributed by atoms with Gasteiger partial charge in [-0.1, -0.05) is 13.8 Å². The molecule has 0 atom stereocenters. The number of hydrogen-bond donors (Lipinski definition) is 1. The molecular formula is C16H25NO4. The van der Waals surface area contributed by atoms with Crippen molar-refractivity contribution >= 4 is 5.91 Å². The van der Waals surface area contributed by atoms with Gasteiger partial charge in [0.15, 0.2) is 11.5 Å². The van der Waals surface area contributed by atoms with Gasteiger partial charge < -0.3 is 19.5 Å². The van der Waals surface area contributed by atoms with E-state index in [1.54, 1.807) is 33.5 Å². The average Bonchev–Trinajstić information content (AvgIpc) is 2.51. The first-order valence-electron chi connectivity index (χ1n) is 7.17. The van der Waals surface area contributed by atoms with Crippen LogP contribution in [0.1, 0.15) is 32.3 Å². The summed E-state index contributed by atoms with van der Waals surface area (Å²) in [6.45, 7) is 4.13. The Bertz CT molecular complexity index is 444. The Morgan fingerprint density at radius 1 is 1.05 bits per heavy atom. The van der Waals surface area contributed by atoms with E-state index in [9.17, 15) is 4.79 Å². The largest absolute Gasteiger partial charge is 0.493 e. The molecule has 5 nitrogen and oxygen atoms in total. The minimum Gasteiger partial charge on any atom is -0.493 e. The van der Waals surface area contributed by atoms with Gasteiger partial charge >= 0.3 is 0 Å². The SMILES string of the molecule is CCC(CC)NC(=O)Cc1cc(OC)c(OC)c(OC)c1. The summed E-state index contributed by atoms with van der Waals surface area (Å²) in [5.41, 5.74) is 0.827. The van der Waals surface area contributed by atoms with Crippen LogP contribution in [0.3, 0.4) is 0 Å². The first-order chi connectivity index (χ1) is 10.1. The van der Waals surface area contributed by atoms with Crippen LogP contribution in [0.2, 0.25) is 0 Å². The number of hydrogen-bond acceptors (Lipinski definition) is 4. The molecule has 1 aromatic carbocycles. The molecule has 118 valence electrons. The van der Waals surface area contributed by atoms with E-state index >= 15 is 0 Å². The highest BCUT2D eigenvalue weighted by atomic mass is 16.5. The third-order valence-electron chi connectivity index (χ3n) is 3.44. The lowest BCUT2D eigenvalue weighted by Crippen LogP contribution is -2.34. The number of amides is 1. The van der Waals surface area contributed by atoms with Crippen LogP contribution in [0, 0.1) is 0 Å². The van der Waals surface area contributed by atoms with E-state index in [1.807, 2.05) is 0 Å². The molecular weight excluding hydrogens is 270 g/mol. The number of carbonyl (C=O) groups excluding carboxylic acids is 1. The highest BCUT2D eigenvalue weighted by Gasteiger charge is 2.15. The van der Waals surface area contributed by atoms with Crippen molar-refractivity contribution < 1.29 is 19.0 Å². The van der Waals surface area contributed by atoms with Crippen LogP contribution in [0.15, 0.2) is 12.1 Å². The number of methoxy groups -OCH3 is 3. The smallest absolute Gasteiger partial charge is 0.224 e. The average molecular weight is 295 g/mol. The minimum absolute atomic E-state index is 0.00188. The number of benzene rings is 1. The lowest BCUT2D eigenvalue weighted by Gasteiger charge is -2.16. The van der Waals surface area contributed by atoms with Crippen molar-refractivity contribution in [2.45, 2.75) is 39.2 Å². The third-order valence-corrected chi connectivity index (χ3v) is 3.44. The number of nitrogens with one attached hydrogen (secondary N) is 1. The summed E-state index contributed by atoms with van der Waals surface area (Å²) in [6, 6.07) is 3.82. The molecule has 0 bridgehead atoms. The van der Waals surface area contributed by atoms with Crippen molar-refractivity contribution in [3.63, 3.8) is 0 Å². The molecule has 5 heteroatoms. The summed E-state index contributed by atoms with van der Waals surface area (Å²) in [6.07, 6.45) is 2.14. The van der Waals surface area contributed by atoms with E-state index in [0.29, 0.717) is 17.2 Å². The first kappa shape index (κ1) is 17.1. The molecule has 1 rings (SSSR count). The van der Waals surface area contributed by atoms with Gasteiger partial charge in [-0.05, 0) is 30.5 Å². The van der Waals surface area contributed by atoms with E-state index in [0.717, 1.165) is 18.4 Å². The van der Waals surface area contributed by atoms with Crippen molar-refractivity contribution in [3.05, 3.63) is 17.7 Å². The maximum atomic E-state index is 12.1. The van der Waals surface area contributed by atoms with E-state index in [-0.39, 0.29) is 18.4 Å². The fourth-order valence-electron chi connectivity index (χ4n) is 2.19. The molecule has 0 fully saturated rings. The summed E-state index contributed by atoms with van der Waals surface area (Å²) in [7, 11) is 4.68. The topological polar surface area (TPSA) is 56.8 Å². The summed E-state index contributed by atoms with van der Waals surface area (Å²) in [5, 5.41) is 3.02. The van der Waals surface area contributed by atoms with E-state index in [2.05, 4.69) is 19.2 Å². The Hall–Kier alpha value is -1.91. The van der Waals surface area contributed by atoms with Crippen LogP contribution in [0.5, 0.6) is 17.2 Å². The van der Waals surface area contributed by atoms with Gasteiger partial charge in [-0.3, -0.25) is 4.79 Å². The Balaban J connectivity index is 2.91. The molecule has 0 aliphatic heterocycles. The molecule has 1 N–H and O–H groups in total. The second-order valence-corrected chi connectivity index (χ2v) is 4.79. The molecule has 0 aromatic heterocycles. The molecule has 0 radical (unpaired) electrons. The zero-order chi connectivity index (χ0) is 15.8. The van der Waals surface area contributed by atoms with Gasteiger partial charge in [-0.2, -0.15) is 0 Å². The van der Waals surface area contributed by atoms with E-state index in [1.165, 1.54) is 0 Å². The van der Waals surface area contributed by atoms with Gasteiger partial charge in [-0.25, -0.2) is 0 Å². The van der Waals surface area contributed by atoms with Gasteiger partial charge in [-0.15, -0.1) is 0 Å². The van der Waals surface area contributed by atoms with Crippen LogP contribution >= 0.6 is 0 Å². The second kappa shape index (κ2) is 8.39. The fraction of sp³-hybridized carbons (Fsp3) is 0.562. The Morgan fingerprint density at radius 3 is 1.95 bits per heavy atom. The molecule has 0 aliphatic carbocycles. The molecule has 0 aliphatic rings. The maximum Gasteiger partial charge on any atom is 0.224 e. The molecule has 21 heavy (non-hydrogen) atoms. The number of rotatable bonds is 8. The zero-order valence-corrected chi connectivity index (χ0v) is 13.5. The van der Waals surface area contributed by atoms with Gasteiger partial charge in [0.2, 0.25) is 11.7 Å². The Labute approximate surface area is 126 Å². The van der Waals surface area contributed by atoms with Crippen molar-refractivity contribution in [1.82, 2.24) is 5.32 Å². The minimum atomic E-state index is -0.00188. The summed E-state index contributed by atoms with van der Waals surface area (Å²) >= 11 is 0. The van der Waals surface area contributed by atoms with Crippen LogP contribution in [0.25, 0.3) is 0 Å². The standard InChI is InChI=1S/C16H25NO4/c1-6-12(7-2)17-15(18)10-11-8-13(19-3)16(21-5)14(9-11)20-4/h8-9,12H,6-7,10H2,1-5H3,(H,17,18). The number of ether oxygens (including phenoxy) is 3. The second-order valence-electron chi connectivity index (χ2n) is 4.79. The molecule has 0 heterocycles. The maximum absolute atomic E-state index is 12.1. The molecule has 0 spiro atoms. The van der Waals surface area contributed by atoms with Gasteiger partial charge in [0.25, 0.3) is 0 Å². The first-order valence-corrected chi connectivity index (χ1v) is 7.17. The summed E-state index contributed by atoms with van der Waals surface area (Å²) in [5.74, 6) is 1.64. The monoisotopic (exact) mass is 295 g/mol. The lowest BCUT2D eigenvalue weighted by atomic mass is 10.1. The summed E-state index contributed by atoms with van der Waals surface area (Å²) < 4.78 is 15.8. The van der Waals surface area contributed by atoms with Crippen molar-refractivity contribution in [2.75, 3.05) is 21.3 Å². The molecule has 0 saturated carbocycles. The Morgan fingerprint density at radius 2 is 1.57 bits per heavy atom. The normalized spacial score (nSPS) is 10.4. The van der Waals surface area contributed by atoms with Gasteiger partial charge in [0.1, 0.15) is 0 Å². The summed E-state index contributed by atoms with van der Waals surface area (Å²) in [4.78, 5) is 12.1. The molecule has 0 unspecified atom stereocenters. The molecule has 1 amide bonds. The highest BCUT2D eigenvalue weighted by molar-refractivity contribution is 5.79. The van der Waals surface area contributed by atoms with Crippen molar-refractivity contribution in [1.29, 1.82) is 0 Å². The van der Waals surface area contributed by atoms with Crippen molar-refractivity contribution in [3.8, 4) is 17.2 Å². The van der Waals surface area contributed by atoms with Crippen LogP contribution in [0.4, 0.5) is 0 Å². The van der Waals surface area contributed by atoms with Crippen LogP contribution in [-0.4, -0.2) is 33.3 Å². The lowest BCUT2D eigenvalue weighted by molar-refractivity contribution is -0.121. The van der Waals surface area contributed by atoms with Gasteiger partial charge in [0.05, 0.1) is 27.8 Å². The van der Waals surface area contributed by atoms with Gasteiger partial charge in [0, 0.05) is 6.04 Å². The third kappa shape index (κ3) is 4.55. The molecule has 0 saturated heterocycles.